The van der Waals surface area contributed by atoms with Gasteiger partial charge in [0.2, 0.25) is 0 Å². The minimum Gasteiger partial charge on any atom is -0.370 e. The van der Waals surface area contributed by atoms with E-state index in [1.165, 1.54) is 11.4 Å². The summed E-state index contributed by atoms with van der Waals surface area (Å²) in [5, 5.41) is 0. The molecule has 1 aliphatic rings. The van der Waals surface area contributed by atoms with E-state index in [9.17, 15) is 0 Å². The SMILES string of the molecule is CCN1CCc2ncccc21. The van der Waals surface area contributed by atoms with Gasteiger partial charge in [-0.25, -0.2) is 0 Å². The van der Waals surface area contributed by atoms with Gasteiger partial charge in [-0.3, -0.25) is 4.98 Å². The summed E-state index contributed by atoms with van der Waals surface area (Å²) in [4.78, 5) is 6.68. The molecule has 2 heteroatoms. The quantitative estimate of drug-likeness (QED) is 0.599. The van der Waals surface area contributed by atoms with E-state index in [-0.39, 0.29) is 0 Å². The Morgan fingerprint density at radius 2 is 2.55 bits per heavy atom. The summed E-state index contributed by atoms with van der Waals surface area (Å²) >= 11 is 0. The fourth-order valence-corrected chi connectivity index (χ4v) is 1.60. The molecule has 0 amide bonds. The lowest BCUT2D eigenvalue weighted by Gasteiger charge is -2.15. The van der Waals surface area contributed by atoms with Crippen LogP contribution in [0.1, 0.15) is 12.6 Å². The van der Waals surface area contributed by atoms with Crippen LogP contribution in [0.2, 0.25) is 0 Å². The highest BCUT2D eigenvalue weighted by Gasteiger charge is 2.16. The van der Waals surface area contributed by atoms with Gasteiger partial charge in [-0.1, -0.05) is 0 Å². The highest BCUT2D eigenvalue weighted by atomic mass is 15.2. The number of pyridine rings is 1. The van der Waals surface area contributed by atoms with Crippen LogP contribution in [-0.2, 0) is 6.42 Å². The third-order valence-corrected chi connectivity index (χ3v) is 2.21. The van der Waals surface area contributed by atoms with E-state index in [0.29, 0.717) is 0 Å². The molecule has 0 radical (unpaired) electrons. The molecule has 0 unspecified atom stereocenters. The molecule has 2 rings (SSSR count). The lowest BCUT2D eigenvalue weighted by molar-refractivity contribution is 0.864. The zero-order valence-corrected chi connectivity index (χ0v) is 6.75. The monoisotopic (exact) mass is 148 g/mol. The molecule has 0 aromatic carbocycles. The lowest BCUT2D eigenvalue weighted by Crippen LogP contribution is -2.18. The number of hydrogen-bond donors (Lipinski definition) is 0. The Balaban J connectivity index is 2.39. The van der Waals surface area contributed by atoms with Gasteiger partial charge >= 0.3 is 0 Å². The molecule has 1 aliphatic heterocycles. The van der Waals surface area contributed by atoms with E-state index in [0.717, 1.165) is 19.5 Å². The lowest BCUT2D eigenvalue weighted by atomic mass is 10.3. The average Bonchev–Trinajstić information content (AvgIpc) is 2.47. The van der Waals surface area contributed by atoms with Crippen LogP contribution >= 0.6 is 0 Å². The van der Waals surface area contributed by atoms with Gasteiger partial charge in [-0.15, -0.1) is 0 Å². The number of hydrogen-bond acceptors (Lipinski definition) is 2. The highest BCUT2D eigenvalue weighted by molar-refractivity contribution is 5.54. The number of rotatable bonds is 1. The molecule has 58 valence electrons. The molecule has 2 heterocycles. The Bertz CT molecular complexity index is 257. The van der Waals surface area contributed by atoms with E-state index in [2.05, 4.69) is 22.9 Å². The molecule has 11 heavy (non-hydrogen) atoms. The van der Waals surface area contributed by atoms with Gasteiger partial charge in [0.1, 0.15) is 0 Å². The van der Waals surface area contributed by atoms with Gasteiger partial charge in [-0.2, -0.15) is 0 Å². The van der Waals surface area contributed by atoms with Crippen molar-refractivity contribution in [2.75, 3.05) is 18.0 Å². The smallest absolute Gasteiger partial charge is 0.0654 e. The molecule has 0 saturated carbocycles. The molecule has 0 saturated heterocycles. The van der Waals surface area contributed by atoms with E-state index in [1.807, 2.05) is 12.3 Å². The van der Waals surface area contributed by atoms with Crippen molar-refractivity contribution >= 4 is 5.69 Å². The topological polar surface area (TPSA) is 16.1 Å². The number of anilines is 1. The van der Waals surface area contributed by atoms with Crippen molar-refractivity contribution in [1.82, 2.24) is 4.98 Å². The normalized spacial score (nSPS) is 15.2. The number of likely N-dealkylation sites (N-methyl/N-ethyl adjacent to an activating group) is 1. The summed E-state index contributed by atoms with van der Waals surface area (Å²) in [6.07, 6.45) is 2.99. The molecular formula is C9H12N2. The number of fused-ring (bicyclic) bond motifs is 1. The largest absolute Gasteiger partial charge is 0.370 e. The van der Waals surface area contributed by atoms with Crippen LogP contribution < -0.4 is 4.90 Å². The van der Waals surface area contributed by atoms with Gasteiger partial charge in [0, 0.05) is 25.7 Å². The van der Waals surface area contributed by atoms with E-state index in [1.54, 1.807) is 0 Å². The molecule has 0 aliphatic carbocycles. The van der Waals surface area contributed by atoms with Crippen LogP contribution in [-0.4, -0.2) is 18.1 Å². The summed E-state index contributed by atoms with van der Waals surface area (Å²) in [7, 11) is 0. The molecule has 0 N–H and O–H groups in total. The van der Waals surface area contributed by atoms with Gasteiger partial charge in [-0.05, 0) is 19.1 Å². The minimum atomic E-state index is 1.10. The predicted octanol–water partition coefficient (Wildman–Crippen LogP) is 1.46. The summed E-state index contributed by atoms with van der Waals surface area (Å²) in [6.45, 7) is 4.42. The highest BCUT2D eigenvalue weighted by Crippen LogP contribution is 2.24. The Labute approximate surface area is 66.9 Å². The maximum absolute atomic E-state index is 4.32. The summed E-state index contributed by atoms with van der Waals surface area (Å²) < 4.78 is 0. The fourth-order valence-electron chi connectivity index (χ4n) is 1.60. The first-order valence-electron chi connectivity index (χ1n) is 4.10. The van der Waals surface area contributed by atoms with Gasteiger partial charge in [0.25, 0.3) is 0 Å². The standard InChI is InChI=1S/C9H12N2/c1-2-11-7-5-8-9(11)4-3-6-10-8/h3-4,6H,2,5,7H2,1H3. The molecule has 1 aromatic rings. The summed E-state index contributed by atoms with van der Waals surface area (Å²) in [5.41, 5.74) is 2.59. The van der Waals surface area contributed by atoms with Crippen molar-refractivity contribution in [3.63, 3.8) is 0 Å². The zero-order chi connectivity index (χ0) is 7.68. The predicted molar refractivity (Wildman–Crippen MR) is 45.8 cm³/mol. The summed E-state index contributed by atoms with van der Waals surface area (Å²) in [5.74, 6) is 0. The molecule has 0 bridgehead atoms. The van der Waals surface area contributed by atoms with Crippen molar-refractivity contribution < 1.29 is 0 Å². The molecule has 0 fully saturated rings. The minimum absolute atomic E-state index is 1.10. The second-order valence-electron chi connectivity index (χ2n) is 2.80. The molecule has 0 atom stereocenters. The fraction of sp³-hybridized carbons (Fsp3) is 0.444. The van der Waals surface area contributed by atoms with E-state index < -0.39 is 0 Å². The van der Waals surface area contributed by atoms with Crippen molar-refractivity contribution in [3.8, 4) is 0 Å². The van der Waals surface area contributed by atoms with Gasteiger partial charge in [0.05, 0.1) is 11.4 Å². The number of aromatic nitrogens is 1. The molecule has 0 spiro atoms. The van der Waals surface area contributed by atoms with Crippen LogP contribution in [0.4, 0.5) is 5.69 Å². The van der Waals surface area contributed by atoms with Crippen LogP contribution in [0.15, 0.2) is 18.3 Å². The van der Waals surface area contributed by atoms with Crippen LogP contribution in [0.3, 0.4) is 0 Å². The van der Waals surface area contributed by atoms with Crippen molar-refractivity contribution in [3.05, 3.63) is 24.0 Å². The zero-order valence-electron chi connectivity index (χ0n) is 6.75. The van der Waals surface area contributed by atoms with Crippen LogP contribution in [0.25, 0.3) is 0 Å². The Kier molecular flexibility index (Phi) is 1.53. The van der Waals surface area contributed by atoms with E-state index in [4.69, 9.17) is 0 Å². The molecule has 1 aromatic heterocycles. The first-order valence-corrected chi connectivity index (χ1v) is 4.10. The van der Waals surface area contributed by atoms with E-state index >= 15 is 0 Å². The van der Waals surface area contributed by atoms with Gasteiger partial charge in [0.15, 0.2) is 0 Å². The Morgan fingerprint density at radius 1 is 1.64 bits per heavy atom. The van der Waals surface area contributed by atoms with Gasteiger partial charge < -0.3 is 4.90 Å². The van der Waals surface area contributed by atoms with Crippen molar-refractivity contribution in [2.24, 2.45) is 0 Å². The first kappa shape index (κ1) is 6.65. The third-order valence-electron chi connectivity index (χ3n) is 2.21. The third kappa shape index (κ3) is 0.985. The first-order chi connectivity index (χ1) is 5.42. The second kappa shape index (κ2) is 2.53. The Morgan fingerprint density at radius 3 is 3.36 bits per heavy atom. The molecular weight excluding hydrogens is 136 g/mol. The van der Waals surface area contributed by atoms with Crippen molar-refractivity contribution in [2.45, 2.75) is 13.3 Å². The van der Waals surface area contributed by atoms with Crippen LogP contribution in [0, 0.1) is 0 Å². The number of nitrogens with zero attached hydrogens (tertiary/aromatic N) is 2. The van der Waals surface area contributed by atoms with Crippen LogP contribution in [0.5, 0.6) is 0 Å². The maximum Gasteiger partial charge on any atom is 0.0654 e. The second-order valence-corrected chi connectivity index (χ2v) is 2.80. The molecule has 2 nitrogen and oxygen atoms in total. The summed E-state index contributed by atoms with van der Waals surface area (Å²) in [6, 6.07) is 4.16. The van der Waals surface area contributed by atoms with Crippen molar-refractivity contribution in [1.29, 1.82) is 0 Å². The average molecular weight is 148 g/mol. The Hall–Kier alpha value is -1.05. The maximum atomic E-state index is 4.32.